The highest BCUT2D eigenvalue weighted by Gasteiger charge is 2.29. The van der Waals surface area contributed by atoms with Crippen LogP contribution in [-0.2, 0) is 4.79 Å². The maximum absolute atomic E-state index is 11.8. The second-order valence-electron chi connectivity index (χ2n) is 4.26. The number of carbonyl (C=O) groups is 1. The molecule has 1 aromatic heterocycles. The van der Waals surface area contributed by atoms with Crippen molar-refractivity contribution in [1.82, 2.24) is 9.88 Å². The lowest BCUT2D eigenvalue weighted by molar-refractivity contribution is -0.136. The quantitative estimate of drug-likeness (QED) is 0.822. The topological polar surface area (TPSA) is 56.3 Å². The Morgan fingerprint density at radius 2 is 2.06 bits per heavy atom. The summed E-state index contributed by atoms with van der Waals surface area (Å²) in [4.78, 5) is 16.5. The molecule has 1 aliphatic rings. The molecule has 2 N–H and O–H groups in total. The van der Waals surface area contributed by atoms with Gasteiger partial charge in [0.25, 0.3) is 5.91 Å². The van der Waals surface area contributed by atoms with Crippen LogP contribution in [0.5, 0.6) is 0 Å². The van der Waals surface area contributed by atoms with Crippen LogP contribution >= 0.6 is 0 Å². The van der Waals surface area contributed by atoms with Gasteiger partial charge in [0.15, 0.2) is 0 Å². The van der Waals surface area contributed by atoms with Crippen LogP contribution in [0.25, 0.3) is 10.9 Å². The number of rotatable bonds is 2. The summed E-state index contributed by atoms with van der Waals surface area (Å²) in [7, 11) is 0. The van der Waals surface area contributed by atoms with E-state index < -0.39 is 0 Å². The lowest BCUT2D eigenvalue weighted by atomic mass is 10.1. The van der Waals surface area contributed by atoms with Gasteiger partial charge in [0, 0.05) is 18.6 Å². The van der Waals surface area contributed by atoms with Crippen molar-refractivity contribution in [3.05, 3.63) is 42.1 Å². The van der Waals surface area contributed by atoms with E-state index in [9.17, 15) is 9.90 Å². The molecular weight excluding hydrogens is 216 g/mol. The molecule has 0 bridgehead atoms. The number of nitrogens with one attached hydrogen (secondary N) is 1. The normalized spacial score (nSPS) is 15.3. The Bertz CT molecular complexity index is 524. The van der Waals surface area contributed by atoms with E-state index in [1.165, 1.54) is 0 Å². The van der Waals surface area contributed by atoms with Crippen molar-refractivity contribution in [2.75, 3.05) is 13.1 Å². The number of fused-ring (bicyclic) bond motifs is 1. The number of para-hydroxylation sites is 1. The van der Waals surface area contributed by atoms with Gasteiger partial charge >= 0.3 is 0 Å². The van der Waals surface area contributed by atoms with Gasteiger partial charge in [0.05, 0.1) is 5.69 Å². The molecule has 0 atom stereocenters. The van der Waals surface area contributed by atoms with E-state index in [0.717, 1.165) is 30.4 Å². The largest absolute Gasteiger partial charge is 0.371 e. The fourth-order valence-corrected chi connectivity index (χ4v) is 1.99. The molecule has 1 radical (unpaired) electrons. The summed E-state index contributed by atoms with van der Waals surface area (Å²) in [5.74, 6) is -0.289. The Morgan fingerprint density at radius 3 is 2.71 bits per heavy atom. The first-order valence-corrected chi connectivity index (χ1v) is 5.69. The summed E-state index contributed by atoms with van der Waals surface area (Å²) in [6.07, 6.45) is 0.826. The van der Waals surface area contributed by atoms with Crippen molar-refractivity contribution in [2.24, 2.45) is 0 Å². The molecule has 2 heterocycles. The van der Waals surface area contributed by atoms with Crippen LogP contribution in [0.3, 0.4) is 0 Å². The lowest BCUT2D eigenvalue weighted by Gasteiger charge is -2.31. The number of carbonyl (C=O) groups excluding carboxylic acids is 1. The van der Waals surface area contributed by atoms with Gasteiger partial charge < -0.3 is 15.0 Å². The van der Waals surface area contributed by atoms with Crippen LogP contribution in [0.4, 0.5) is 0 Å². The first-order chi connectivity index (χ1) is 8.25. The molecule has 1 amide bonds. The first-order valence-electron chi connectivity index (χ1n) is 5.69. The minimum atomic E-state index is -0.289. The maximum atomic E-state index is 11.8. The number of aliphatic hydroxyl groups excluding tert-OH is 1. The molecule has 17 heavy (non-hydrogen) atoms. The summed E-state index contributed by atoms with van der Waals surface area (Å²) < 4.78 is 0. The van der Waals surface area contributed by atoms with Crippen molar-refractivity contribution < 1.29 is 9.90 Å². The molecule has 3 rings (SSSR count). The molecule has 1 fully saturated rings. The molecule has 0 aliphatic carbocycles. The van der Waals surface area contributed by atoms with E-state index in [-0.39, 0.29) is 12.0 Å². The predicted octanol–water partition coefficient (Wildman–Crippen LogP) is 1.65. The molecule has 87 valence electrons. The molecule has 2 aromatic rings. The van der Waals surface area contributed by atoms with Crippen molar-refractivity contribution in [3.63, 3.8) is 0 Å². The fourth-order valence-electron chi connectivity index (χ4n) is 1.99. The van der Waals surface area contributed by atoms with Gasteiger partial charge in [-0.25, -0.2) is 0 Å². The van der Waals surface area contributed by atoms with Gasteiger partial charge in [0.1, 0.15) is 0 Å². The van der Waals surface area contributed by atoms with Gasteiger partial charge in [0.2, 0.25) is 6.10 Å². The van der Waals surface area contributed by atoms with E-state index in [2.05, 4.69) is 4.98 Å². The van der Waals surface area contributed by atoms with Crippen LogP contribution in [0.1, 0.15) is 12.1 Å². The van der Waals surface area contributed by atoms with Crippen LogP contribution in [0.2, 0.25) is 0 Å². The molecule has 0 spiro atoms. The molecule has 0 unspecified atom stereocenters. The van der Waals surface area contributed by atoms with Crippen LogP contribution in [-0.4, -0.2) is 34.0 Å². The molecule has 1 saturated heterocycles. The number of aromatic nitrogens is 1. The first kappa shape index (κ1) is 10.4. The average Bonchev–Trinajstić information content (AvgIpc) is 2.68. The Morgan fingerprint density at radius 1 is 1.29 bits per heavy atom. The zero-order valence-electron chi connectivity index (χ0n) is 9.31. The monoisotopic (exact) mass is 229 g/mol. The Balaban J connectivity index is 1.89. The van der Waals surface area contributed by atoms with E-state index in [4.69, 9.17) is 0 Å². The Kier molecular flexibility index (Phi) is 2.37. The Labute approximate surface area is 98.9 Å². The lowest BCUT2D eigenvalue weighted by Crippen LogP contribution is -2.44. The zero-order chi connectivity index (χ0) is 11.8. The number of benzene rings is 1. The van der Waals surface area contributed by atoms with Gasteiger partial charge in [-0.2, -0.15) is 0 Å². The van der Waals surface area contributed by atoms with E-state index in [1.807, 2.05) is 24.3 Å². The highest BCUT2D eigenvalue weighted by Crippen LogP contribution is 2.22. The third-order valence-corrected chi connectivity index (χ3v) is 3.13. The van der Waals surface area contributed by atoms with Crippen molar-refractivity contribution in [3.8, 4) is 0 Å². The van der Waals surface area contributed by atoms with Crippen LogP contribution in [0, 0.1) is 6.10 Å². The number of hydrogen-bond acceptors (Lipinski definition) is 2. The van der Waals surface area contributed by atoms with E-state index >= 15 is 0 Å². The number of hydrogen-bond donors (Lipinski definition) is 2. The fraction of sp³-hybridized carbons (Fsp3) is 0.231. The standard InChI is InChI=1S/C13H13N2O2/c16-12(13(17)15-6-3-7-15)11-8-9-4-1-2-5-10(9)14-11/h1-2,4-5,8,14,16H,3,6-7H2. The highest BCUT2D eigenvalue weighted by molar-refractivity contribution is 5.94. The molecular formula is C13H13N2O2. The predicted molar refractivity (Wildman–Crippen MR) is 63.8 cm³/mol. The number of H-pyrrole nitrogens is 1. The smallest absolute Gasteiger partial charge is 0.264 e. The van der Waals surface area contributed by atoms with Crippen molar-refractivity contribution in [1.29, 1.82) is 0 Å². The zero-order valence-corrected chi connectivity index (χ0v) is 9.31. The summed E-state index contributed by atoms with van der Waals surface area (Å²) in [6, 6.07) is 9.49. The Hall–Kier alpha value is -1.81. The second-order valence-corrected chi connectivity index (χ2v) is 4.26. The number of likely N-dealkylation sites (tertiary alicyclic amines) is 1. The molecule has 4 heteroatoms. The van der Waals surface area contributed by atoms with Gasteiger partial charge in [-0.3, -0.25) is 4.79 Å². The van der Waals surface area contributed by atoms with Gasteiger partial charge in [-0.15, -0.1) is 0 Å². The number of amides is 1. The second kappa shape index (κ2) is 3.89. The molecule has 1 aliphatic heterocycles. The summed E-state index contributed by atoms with van der Waals surface area (Å²) in [6.45, 7) is 1.48. The van der Waals surface area contributed by atoms with E-state index in [1.54, 1.807) is 11.0 Å². The van der Waals surface area contributed by atoms with Gasteiger partial charge in [-0.05, 0) is 23.9 Å². The summed E-state index contributed by atoms with van der Waals surface area (Å²) in [5, 5.41) is 10.9. The van der Waals surface area contributed by atoms with Crippen molar-refractivity contribution in [2.45, 2.75) is 6.42 Å². The molecule has 4 nitrogen and oxygen atoms in total. The number of nitrogens with zero attached hydrogens (tertiary/aromatic N) is 1. The third-order valence-electron chi connectivity index (χ3n) is 3.13. The molecule has 0 saturated carbocycles. The summed E-state index contributed by atoms with van der Waals surface area (Å²) >= 11 is 0. The van der Waals surface area contributed by atoms with Crippen LogP contribution < -0.4 is 0 Å². The maximum Gasteiger partial charge on any atom is 0.264 e. The highest BCUT2D eigenvalue weighted by atomic mass is 16.3. The van der Waals surface area contributed by atoms with Crippen LogP contribution in [0.15, 0.2) is 30.3 Å². The SMILES string of the molecule is O=C([C](O)c1cc2ccccc2[nH]1)N1CCC1. The molecule has 1 aromatic carbocycles. The number of aromatic amines is 1. The van der Waals surface area contributed by atoms with E-state index in [0.29, 0.717) is 5.69 Å². The van der Waals surface area contributed by atoms with Gasteiger partial charge in [-0.1, -0.05) is 18.2 Å². The minimum Gasteiger partial charge on any atom is -0.371 e. The average molecular weight is 229 g/mol. The number of aliphatic hydroxyl groups is 1. The van der Waals surface area contributed by atoms with Crippen molar-refractivity contribution >= 4 is 16.8 Å². The minimum absolute atomic E-state index is 0.194. The third kappa shape index (κ3) is 1.70. The summed E-state index contributed by atoms with van der Waals surface area (Å²) in [5.41, 5.74) is 1.41.